The van der Waals surface area contributed by atoms with Gasteiger partial charge in [-0.05, 0) is 43.0 Å². The van der Waals surface area contributed by atoms with Crippen molar-refractivity contribution in [2.45, 2.75) is 50.4 Å². The maximum Gasteiger partial charge on any atom is 0.326 e. The molecule has 1 aromatic rings. The predicted octanol–water partition coefficient (Wildman–Crippen LogP) is -1.55. The van der Waals surface area contributed by atoms with Gasteiger partial charge in [-0.25, -0.2) is 4.79 Å². The van der Waals surface area contributed by atoms with E-state index in [1.807, 2.05) is 0 Å². The molecule has 0 radical (unpaired) electrons. The number of carboxylic acids is 1. The number of hydrogen-bond acceptors (Lipinski definition) is 8. The zero-order valence-electron chi connectivity index (χ0n) is 18.9. The smallest absolute Gasteiger partial charge is 0.326 e. The van der Waals surface area contributed by atoms with Crippen molar-refractivity contribution in [2.75, 3.05) is 12.0 Å². The molecule has 13 heteroatoms. The molecule has 0 saturated heterocycles. The summed E-state index contributed by atoms with van der Waals surface area (Å²) in [5.74, 6) is -3.97. The first kappa shape index (κ1) is 28.7. The zero-order valence-corrected chi connectivity index (χ0v) is 19.8. The Bertz CT molecular complexity index is 879. The van der Waals surface area contributed by atoms with Gasteiger partial charge in [0.05, 0.1) is 12.5 Å². The van der Waals surface area contributed by atoms with Crippen LogP contribution in [0.1, 0.15) is 25.3 Å². The molecule has 12 nitrogen and oxygen atoms in total. The number of nitrogens with two attached hydrogens (primary N) is 2. The van der Waals surface area contributed by atoms with E-state index in [-0.39, 0.29) is 18.6 Å². The normalized spacial score (nSPS) is 14.2. The molecule has 4 atom stereocenters. The highest BCUT2D eigenvalue weighted by Gasteiger charge is 2.30. The van der Waals surface area contributed by atoms with Crippen LogP contribution in [0.25, 0.3) is 0 Å². The van der Waals surface area contributed by atoms with Crippen molar-refractivity contribution in [1.82, 2.24) is 16.0 Å². The summed E-state index contributed by atoms with van der Waals surface area (Å²) in [6, 6.07) is 1.05. The van der Waals surface area contributed by atoms with Gasteiger partial charge in [-0.15, -0.1) is 0 Å². The van der Waals surface area contributed by atoms with Crippen LogP contribution in [0.4, 0.5) is 0 Å². The van der Waals surface area contributed by atoms with E-state index in [2.05, 4.69) is 16.0 Å². The average molecular weight is 498 g/mol. The van der Waals surface area contributed by atoms with Gasteiger partial charge in [0.2, 0.25) is 23.6 Å². The van der Waals surface area contributed by atoms with Gasteiger partial charge in [-0.1, -0.05) is 12.1 Å². The standard InChI is InChI=1S/C21H31N5O7S/c1-11(22)18(29)25-16(10-17(23)28)20(31)26-15(9-12-3-5-13(27)6-4-12)19(30)24-14(21(32)33)7-8-34-2/h3-6,11,14-16,27H,7-10,22H2,1-2H3,(H2,23,28)(H,24,30)(H,25,29)(H,26,31)(H,32,33). The lowest BCUT2D eigenvalue weighted by atomic mass is 10.0. The van der Waals surface area contributed by atoms with E-state index < -0.39 is 60.2 Å². The van der Waals surface area contributed by atoms with Gasteiger partial charge < -0.3 is 37.6 Å². The van der Waals surface area contributed by atoms with Crippen molar-refractivity contribution >= 4 is 41.4 Å². The highest BCUT2D eigenvalue weighted by Crippen LogP contribution is 2.12. The van der Waals surface area contributed by atoms with Gasteiger partial charge in [-0.3, -0.25) is 19.2 Å². The van der Waals surface area contributed by atoms with Crippen molar-refractivity contribution in [1.29, 1.82) is 0 Å². The van der Waals surface area contributed by atoms with Crippen LogP contribution in [0.5, 0.6) is 5.75 Å². The summed E-state index contributed by atoms with van der Waals surface area (Å²) in [7, 11) is 0. The van der Waals surface area contributed by atoms with Crippen LogP contribution < -0.4 is 27.4 Å². The number of aliphatic carboxylic acids is 1. The van der Waals surface area contributed by atoms with Crippen molar-refractivity contribution in [2.24, 2.45) is 11.5 Å². The zero-order chi connectivity index (χ0) is 25.8. The topological polar surface area (TPSA) is 214 Å². The van der Waals surface area contributed by atoms with E-state index in [1.54, 1.807) is 6.26 Å². The van der Waals surface area contributed by atoms with E-state index in [4.69, 9.17) is 11.5 Å². The fourth-order valence-corrected chi connectivity index (χ4v) is 3.30. The molecule has 0 aliphatic carbocycles. The molecule has 0 aromatic heterocycles. The number of hydrogen-bond donors (Lipinski definition) is 7. The highest BCUT2D eigenvalue weighted by molar-refractivity contribution is 7.98. The molecular formula is C21H31N5O7S. The molecule has 4 amide bonds. The molecule has 0 aliphatic rings. The number of nitrogens with one attached hydrogen (secondary N) is 3. The summed E-state index contributed by atoms with van der Waals surface area (Å²) in [6.45, 7) is 1.39. The number of carbonyl (C=O) groups is 5. The molecule has 1 aromatic carbocycles. The fraction of sp³-hybridized carbons (Fsp3) is 0.476. The molecule has 1 rings (SSSR count). The van der Waals surface area contributed by atoms with E-state index in [9.17, 15) is 34.2 Å². The number of phenols is 1. The lowest BCUT2D eigenvalue weighted by Gasteiger charge is -2.24. The Morgan fingerprint density at radius 3 is 1.97 bits per heavy atom. The Labute approximate surface area is 201 Å². The van der Waals surface area contributed by atoms with E-state index >= 15 is 0 Å². The number of phenolic OH excluding ortho intramolecular Hbond substituents is 1. The first-order valence-electron chi connectivity index (χ1n) is 10.4. The predicted molar refractivity (Wildman–Crippen MR) is 126 cm³/mol. The first-order chi connectivity index (χ1) is 15.9. The molecule has 34 heavy (non-hydrogen) atoms. The van der Waals surface area contributed by atoms with Crippen molar-refractivity contribution in [3.8, 4) is 5.75 Å². The molecule has 0 spiro atoms. The summed E-state index contributed by atoms with van der Waals surface area (Å²) in [5.41, 5.74) is 11.2. The van der Waals surface area contributed by atoms with Crippen molar-refractivity contribution < 1.29 is 34.2 Å². The lowest BCUT2D eigenvalue weighted by Crippen LogP contribution is -2.58. The number of benzene rings is 1. The minimum Gasteiger partial charge on any atom is -0.508 e. The minimum atomic E-state index is -1.39. The number of thioether (sulfide) groups is 1. The summed E-state index contributed by atoms with van der Waals surface area (Å²) in [5, 5.41) is 26.1. The van der Waals surface area contributed by atoms with Crippen LogP contribution in [0, 0.1) is 0 Å². The molecule has 0 saturated carbocycles. The average Bonchev–Trinajstić information content (AvgIpc) is 2.76. The Morgan fingerprint density at radius 1 is 0.941 bits per heavy atom. The third-order valence-corrected chi connectivity index (χ3v) is 5.33. The van der Waals surface area contributed by atoms with Gasteiger partial charge in [0.15, 0.2) is 0 Å². The number of primary amides is 1. The summed E-state index contributed by atoms with van der Waals surface area (Å²) < 4.78 is 0. The molecule has 0 heterocycles. The second kappa shape index (κ2) is 14.1. The molecule has 0 aliphatic heterocycles. The Hall–Kier alpha value is -3.32. The van der Waals surface area contributed by atoms with Gasteiger partial charge in [0.25, 0.3) is 0 Å². The van der Waals surface area contributed by atoms with E-state index in [1.165, 1.54) is 43.0 Å². The fourth-order valence-electron chi connectivity index (χ4n) is 2.83. The molecule has 4 unspecified atom stereocenters. The van der Waals surface area contributed by atoms with Crippen LogP contribution in [0.15, 0.2) is 24.3 Å². The number of carboxylic acid groups (broad SMARTS) is 1. The summed E-state index contributed by atoms with van der Waals surface area (Å²) in [4.78, 5) is 60.8. The third-order valence-electron chi connectivity index (χ3n) is 4.69. The maximum atomic E-state index is 13.0. The maximum absolute atomic E-state index is 13.0. The minimum absolute atomic E-state index is 0.00284. The Kier molecular flexibility index (Phi) is 11.9. The summed E-state index contributed by atoms with van der Waals surface area (Å²) >= 11 is 1.41. The molecule has 0 fully saturated rings. The van der Waals surface area contributed by atoms with E-state index in [0.717, 1.165) is 0 Å². The second-order valence-electron chi connectivity index (χ2n) is 7.63. The number of carbonyl (C=O) groups excluding carboxylic acids is 4. The molecular weight excluding hydrogens is 466 g/mol. The van der Waals surface area contributed by atoms with Crippen molar-refractivity contribution in [3.63, 3.8) is 0 Å². The van der Waals surface area contributed by atoms with Crippen LogP contribution >= 0.6 is 11.8 Å². The molecule has 9 N–H and O–H groups in total. The van der Waals surface area contributed by atoms with Crippen LogP contribution in [-0.2, 0) is 30.4 Å². The number of aromatic hydroxyl groups is 1. The monoisotopic (exact) mass is 497 g/mol. The molecule has 188 valence electrons. The van der Waals surface area contributed by atoms with Crippen LogP contribution in [0.2, 0.25) is 0 Å². The highest BCUT2D eigenvalue weighted by atomic mass is 32.2. The number of rotatable bonds is 14. The second-order valence-corrected chi connectivity index (χ2v) is 8.62. The molecule has 0 bridgehead atoms. The van der Waals surface area contributed by atoms with E-state index in [0.29, 0.717) is 11.3 Å². The number of amides is 4. The Balaban J connectivity index is 3.13. The van der Waals surface area contributed by atoms with Gasteiger partial charge in [0.1, 0.15) is 23.9 Å². The summed E-state index contributed by atoms with van der Waals surface area (Å²) in [6.07, 6.45) is 1.36. The Morgan fingerprint density at radius 2 is 1.47 bits per heavy atom. The largest absolute Gasteiger partial charge is 0.508 e. The quantitative estimate of drug-likeness (QED) is 0.158. The lowest BCUT2D eigenvalue weighted by molar-refractivity contribution is -0.142. The van der Waals surface area contributed by atoms with Gasteiger partial charge >= 0.3 is 5.97 Å². The van der Waals surface area contributed by atoms with Gasteiger partial charge in [0, 0.05) is 6.42 Å². The van der Waals surface area contributed by atoms with Gasteiger partial charge in [-0.2, -0.15) is 11.8 Å². The van der Waals surface area contributed by atoms with Crippen LogP contribution in [-0.4, -0.2) is 76.0 Å². The first-order valence-corrected chi connectivity index (χ1v) is 11.8. The van der Waals surface area contributed by atoms with Crippen LogP contribution in [0.3, 0.4) is 0 Å². The third kappa shape index (κ3) is 10.1. The van der Waals surface area contributed by atoms with Crippen molar-refractivity contribution in [3.05, 3.63) is 29.8 Å². The SMILES string of the molecule is CSCCC(NC(=O)C(Cc1ccc(O)cc1)NC(=O)C(CC(N)=O)NC(=O)C(C)N)C(=O)O.